The summed E-state index contributed by atoms with van der Waals surface area (Å²) in [6.07, 6.45) is 1.14. The van der Waals surface area contributed by atoms with Gasteiger partial charge in [-0.15, -0.1) is 5.11 Å². The topological polar surface area (TPSA) is 187 Å². The Hall–Kier alpha value is -5.54. The van der Waals surface area contributed by atoms with Gasteiger partial charge in [0.05, 0.1) is 22.0 Å². The van der Waals surface area contributed by atoms with Gasteiger partial charge in [0.2, 0.25) is 5.78 Å². The van der Waals surface area contributed by atoms with Crippen molar-refractivity contribution in [1.29, 1.82) is 0 Å². The molecule has 0 spiro atoms. The highest BCUT2D eigenvalue weighted by Crippen LogP contribution is 2.35. The van der Waals surface area contributed by atoms with Gasteiger partial charge < -0.3 is 5.32 Å². The number of allylic oxidation sites excluding steroid dienone is 1. The highest BCUT2D eigenvalue weighted by Gasteiger charge is 2.33. The van der Waals surface area contributed by atoms with Crippen LogP contribution in [0.15, 0.2) is 128 Å². The van der Waals surface area contributed by atoms with E-state index in [1.165, 1.54) is 30.3 Å². The van der Waals surface area contributed by atoms with Crippen LogP contribution in [0.1, 0.15) is 21.5 Å². The van der Waals surface area contributed by atoms with E-state index < -0.39 is 41.5 Å². The first kappa shape index (κ1) is 31.4. The summed E-state index contributed by atoms with van der Waals surface area (Å²) >= 11 is 0. The molecule has 0 heterocycles. The van der Waals surface area contributed by atoms with E-state index in [9.17, 15) is 30.7 Å². The zero-order valence-corrected chi connectivity index (χ0v) is 26.1. The molecule has 5 aromatic carbocycles. The molecule has 0 bridgehead atoms. The Balaban J connectivity index is 1.40. The van der Waals surface area contributed by atoms with Crippen molar-refractivity contribution in [2.24, 2.45) is 15.3 Å². The summed E-state index contributed by atoms with van der Waals surface area (Å²) in [6, 6.07) is 28.1. The number of nitrogens with one attached hydrogen (secondary N) is 2. The minimum Gasteiger partial charge on any atom is -0.356 e. The summed E-state index contributed by atoms with van der Waals surface area (Å²) in [5.41, 5.74) is 5.89. The molecule has 4 N–H and O–H groups in total. The van der Waals surface area contributed by atoms with Crippen LogP contribution in [0.3, 0.4) is 0 Å². The van der Waals surface area contributed by atoms with E-state index in [1.54, 1.807) is 30.3 Å². The second-order valence-electron chi connectivity index (χ2n) is 10.5. The number of hydrazone groups is 1. The predicted molar refractivity (Wildman–Crippen MR) is 180 cm³/mol. The number of benzene rings is 5. The largest absolute Gasteiger partial charge is 0.356 e. The number of azo groups is 1. The smallest absolute Gasteiger partial charge is 0.296 e. The lowest BCUT2D eigenvalue weighted by Crippen LogP contribution is -2.27. The fraction of sp³-hybridized carbons (Fsp3) is 0.0303. The Bertz CT molecular complexity index is 2370. The van der Waals surface area contributed by atoms with Crippen molar-refractivity contribution >= 4 is 77.0 Å². The normalized spacial score (nSPS) is 14.3. The van der Waals surface area contributed by atoms with Crippen LogP contribution < -0.4 is 10.7 Å². The molecule has 5 aromatic rings. The minimum absolute atomic E-state index is 0.141. The van der Waals surface area contributed by atoms with Gasteiger partial charge in [-0.3, -0.25) is 19.3 Å². The molecule has 47 heavy (non-hydrogen) atoms. The fourth-order valence-electron chi connectivity index (χ4n) is 4.90. The van der Waals surface area contributed by atoms with Crippen molar-refractivity contribution in [3.05, 3.63) is 125 Å². The Morgan fingerprint density at radius 1 is 0.702 bits per heavy atom. The molecule has 0 aliphatic heterocycles. The molecule has 14 heteroatoms. The van der Waals surface area contributed by atoms with Crippen molar-refractivity contribution in [2.45, 2.75) is 11.8 Å². The molecular weight excluding hydrogens is 643 g/mol. The lowest BCUT2D eigenvalue weighted by Gasteiger charge is -2.18. The quantitative estimate of drug-likeness (QED) is 0.0740. The average Bonchev–Trinajstić information content (AvgIpc) is 3.03. The number of hydrogen-bond acceptors (Lipinski definition) is 10. The SMILES string of the molecule is Cc1ccc(N=Nc2ccc(N/N=C3/C(=O)c4ccc(Nc5ccccc5)cc4C=C3S(=O)(=O)O)c3cc(S(=O)(=O)O)ccc23)cc1. The van der Waals surface area contributed by atoms with Crippen LogP contribution >= 0.6 is 0 Å². The number of anilines is 3. The first-order valence-corrected chi connectivity index (χ1v) is 16.8. The van der Waals surface area contributed by atoms with Gasteiger partial charge in [0.25, 0.3) is 20.2 Å². The van der Waals surface area contributed by atoms with Crippen LogP contribution in [-0.4, -0.2) is 37.4 Å². The van der Waals surface area contributed by atoms with Crippen molar-refractivity contribution in [2.75, 3.05) is 10.7 Å². The van der Waals surface area contributed by atoms with Crippen molar-refractivity contribution < 1.29 is 30.7 Å². The molecule has 0 atom stereocenters. The monoisotopic (exact) mass is 667 g/mol. The van der Waals surface area contributed by atoms with E-state index in [4.69, 9.17) is 0 Å². The number of Topliss-reactive ketones (excluding diaryl/α,β-unsaturated/α-hetero) is 1. The molecule has 12 nitrogen and oxygen atoms in total. The number of ketones is 1. The summed E-state index contributed by atoms with van der Waals surface area (Å²) in [6.45, 7) is 1.94. The summed E-state index contributed by atoms with van der Waals surface area (Å²) in [5.74, 6) is -0.777. The van der Waals surface area contributed by atoms with Gasteiger partial charge in [-0.05, 0) is 85.3 Å². The minimum atomic E-state index is -4.93. The van der Waals surface area contributed by atoms with E-state index in [0.717, 1.165) is 17.3 Å². The zero-order chi connectivity index (χ0) is 33.3. The number of nitrogens with zero attached hydrogens (tertiary/aromatic N) is 3. The molecule has 1 aliphatic rings. The second kappa shape index (κ2) is 12.3. The molecule has 0 fully saturated rings. The number of aryl methyl sites for hydroxylation is 1. The van der Waals surface area contributed by atoms with Crippen molar-refractivity contribution in [3.8, 4) is 0 Å². The Morgan fingerprint density at radius 3 is 2.15 bits per heavy atom. The van der Waals surface area contributed by atoms with Crippen LogP contribution in [0.5, 0.6) is 0 Å². The fourth-order valence-corrected chi connectivity index (χ4v) is 6.07. The lowest BCUT2D eigenvalue weighted by atomic mass is 9.94. The van der Waals surface area contributed by atoms with Gasteiger partial charge in [0.15, 0.2) is 5.71 Å². The zero-order valence-electron chi connectivity index (χ0n) is 24.5. The van der Waals surface area contributed by atoms with E-state index >= 15 is 0 Å². The van der Waals surface area contributed by atoms with Gasteiger partial charge in [0, 0.05) is 27.7 Å². The average molecular weight is 668 g/mol. The van der Waals surface area contributed by atoms with Crippen LogP contribution in [0.2, 0.25) is 0 Å². The van der Waals surface area contributed by atoms with E-state index in [-0.39, 0.29) is 22.2 Å². The summed E-state index contributed by atoms with van der Waals surface area (Å²) in [7, 11) is -9.54. The van der Waals surface area contributed by atoms with E-state index in [1.807, 2.05) is 49.4 Å². The standard InChI is InChI=1S/C33H25N5O7S2/c1-20-7-9-23(10-8-20)35-36-29-15-16-30(28-19-25(46(40,41)42)12-14-27(28)29)37-38-32-31(47(43,44)45)18-21-17-24(11-13-26(21)33(32)39)34-22-5-3-2-4-6-22/h2-19,34,37H,1H3,(H,40,41,42)(H,43,44,45)/b36-35?,38-32+. The number of hydrogen-bond donors (Lipinski definition) is 4. The third-order valence-corrected chi connectivity index (χ3v) is 8.95. The first-order valence-electron chi connectivity index (χ1n) is 13.9. The number of fused-ring (bicyclic) bond motifs is 2. The number of carbonyl (C=O) groups excluding carboxylic acids is 1. The van der Waals surface area contributed by atoms with Gasteiger partial charge in [-0.25, -0.2) is 0 Å². The lowest BCUT2D eigenvalue weighted by molar-refractivity contribution is 0.106. The maximum Gasteiger partial charge on any atom is 0.296 e. The van der Waals surface area contributed by atoms with Crippen molar-refractivity contribution in [3.63, 3.8) is 0 Å². The molecule has 236 valence electrons. The molecular formula is C33H25N5O7S2. The predicted octanol–water partition coefficient (Wildman–Crippen LogP) is 7.45. The highest BCUT2D eigenvalue weighted by atomic mass is 32.2. The highest BCUT2D eigenvalue weighted by molar-refractivity contribution is 7.91. The molecule has 0 unspecified atom stereocenters. The van der Waals surface area contributed by atoms with Crippen LogP contribution in [0, 0.1) is 6.92 Å². The Kier molecular flexibility index (Phi) is 8.25. The van der Waals surface area contributed by atoms with Crippen LogP contribution in [0.4, 0.5) is 28.4 Å². The maximum absolute atomic E-state index is 13.6. The van der Waals surface area contributed by atoms with Gasteiger partial charge in [-0.2, -0.15) is 27.1 Å². The summed E-state index contributed by atoms with van der Waals surface area (Å²) < 4.78 is 68.6. The van der Waals surface area contributed by atoms with Gasteiger partial charge >= 0.3 is 0 Å². The molecule has 1 aliphatic carbocycles. The van der Waals surface area contributed by atoms with E-state index in [2.05, 4.69) is 26.1 Å². The Labute approximate surface area is 269 Å². The third-order valence-electron chi connectivity index (χ3n) is 7.23. The van der Waals surface area contributed by atoms with Crippen LogP contribution in [0.25, 0.3) is 16.8 Å². The molecule has 0 amide bonds. The van der Waals surface area contributed by atoms with Gasteiger partial charge in [-0.1, -0.05) is 42.0 Å². The third kappa shape index (κ3) is 6.85. The molecule has 6 rings (SSSR count). The van der Waals surface area contributed by atoms with Crippen LogP contribution in [-0.2, 0) is 20.2 Å². The van der Waals surface area contributed by atoms with E-state index in [0.29, 0.717) is 22.4 Å². The summed E-state index contributed by atoms with van der Waals surface area (Å²) in [4.78, 5) is 12.4. The first-order chi connectivity index (χ1) is 22.4. The molecule has 0 radical (unpaired) electrons. The molecule has 0 saturated heterocycles. The summed E-state index contributed by atoms with van der Waals surface area (Å²) in [5, 5.41) is 16.4. The number of carbonyl (C=O) groups is 1. The van der Waals surface area contributed by atoms with Gasteiger partial charge in [0.1, 0.15) is 4.91 Å². The van der Waals surface area contributed by atoms with Crippen molar-refractivity contribution in [1.82, 2.24) is 0 Å². The number of rotatable bonds is 8. The maximum atomic E-state index is 13.6. The number of para-hydroxylation sites is 1. The molecule has 0 aromatic heterocycles. The molecule has 0 saturated carbocycles. The Morgan fingerprint density at radius 2 is 1.45 bits per heavy atom. The second-order valence-corrected chi connectivity index (χ2v) is 13.3.